The number of nitrogens with zero attached hydrogens (tertiary/aromatic N) is 3. The Morgan fingerprint density at radius 1 is 1.58 bits per heavy atom. The minimum atomic E-state index is -3.06. The fourth-order valence-corrected chi connectivity index (χ4v) is 2.21. The average molecular weight is 286 g/mol. The molecule has 8 heteroatoms. The van der Waals surface area contributed by atoms with E-state index < -0.39 is 9.84 Å². The Balaban J connectivity index is 3.10. The van der Waals surface area contributed by atoms with Gasteiger partial charge in [0, 0.05) is 26.0 Å². The highest BCUT2D eigenvalue weighted by atomic mass is 32.2. The number of aryl methyl sites for hydroxylation is 1. The molecule has 0 spiro atoms. The fraction of sp³-hybridized carbons (Fsp3) is 0.455. The number of rotatable bonds is 5. The van der Waals surface area contributed by atoms with Crippen LogP contribution < -0.4 is 10.6 Å². The first-order valence-corrected chi connectivity index (χ1v) is 7.64. The number of oxime groups is 1. The molecule has 106 valence electrons. The van der Waals surface area contributed by atoms with Gasteiger partial charge < -0.3 is 15.8 Å². The van der Waals surface area contributed by atoms with Crippen molar-refractivity contribution < 1.29 is 13.6 Å². The summed E-state index contributed by atoms with van der Waals surface area (Å²) in [5.74, 6) is 0.445. The summed E-state index contributed by atoms with van der Waals surface area (Å²) in [6, 6.07) is 1.74. The van der Waals surface area contributed by atoms with Gasteiger partial charge in [0.2, 0.25) is 0 Å². The quantitative estimate of drug-likeness (QED) is 0.340. The number of pyridine rings is 1. The molecule has 1 aromatic heterocycles. The molecule has 0 unspecified atom stereocenters. The number of aromatic nitrogens is 1. The van der Waals surface area contributed by atoms with Crippen molar-refractivity contribution in [1.29, 1.82) is 0 Å². The van der Waals surface area contributed by atoms with E-state index in [4.69, 9.17) is 10.9 Å². The first-order chi connectivity index (χ1) is 8.76. The smallest absolute Gasteiger partial charge is 0.174 e. The molecular formula is C11H18N4O3S. The Morgan fingerprint density at radius 3 is 2.74 bits per heavy atom. The van der Waals surface area contributed by atoms with Crippen molar-refractivity contribution in [2.45, 2.75) is 6.92 Å². The van der Waals surface area contributed by atoms with E-state index in [-0.39, 0.29) is 18.1 Å². The molecule has 0 aliphatic carbocycles. The molecule has 0 fully saturated rings. The monoisotopic (exact) mass is 286 g/mol. The van der Waals surface area contributed by atoms with Crippen LogP contribution in [0.1, 0.15) is 11.1 Å². The van der Waals surface area contributed by atoms with Crippen LogP contribution in [0, 0.1) is 6.92 Å². The van der Waals surface area contributed by atoms with Crippen LogP contribution in [0.15, 0.2) is 17.4 Å². The molecule has 0 radical (unpaired) electrons. The predicted molar refractivity (Wildman–Crippen MR) is 74.5 cm³/mol. The van der Waals surface area contributed by atoms with Crippen LogP contribution in [0.25, 0.3) is 0 Å². The molecule has 19 heavy (non-hydrogen) atoms. The van der Waals surface area contributed by atoms with Crippen LogP contribution in [0.4, 0.5) is 5.82 Å². The second kappa shape index (κ2) is 5.87. The molecule has 1 aromatic rings. The second-order valence-corrected chi connectivity index (χ2v) is 6.62. The number of hydrogen-bond acceptors (Lipinski definition) is 6. The molecule has 0 atom stereocenters. The molecule has 0 aliphatic heterocycles. The van der Waals surface area contributed by atoms with Gasteiger partial charge in [0.1, 0.15) is 15.7 Å². The van der Waals surface area contributed by atoms with Crippen molar-refractivity contribution in [3.05, 3.63) is 23.4 Å². The zero-order valence-electron chi connectivity index (χ0n) is 11.2. The number of sulfone groups is 1. The zero-order valence-corrected chi connectivity index (χ0v) is 12.0. The van der Waals surface area contributed by atoms with E-state index in [1.807, 2.05) is 6.92 Å². The summed E-state index contributed by atoms with van der Waals surface area (Å²) in [6.45, 7) is 2.09. The van der Waals surface area contributed by atoms with E-state index in [9.17, 15) is 8.42 Å². The summed E-state index contributed by atoms with van der Waals surface area (Å²) in [6.07, 6.45) is 2.77. The minimum absolute atomic E-state index is 0.00867. The van der Waals surface area contributed by atoms with Gasteiger partial charge in [-0.25, -0.2) is 13.4 Å². The third-order valence-corrected chi connectivity index (χ3v) is 3.59. The molecule has 7 nitrogen and oxygen atoms in total. The summed E-state index contributed by atoms with van der Waals surface area (Å²) in [7, 11) is -1.35. The van der Waals surface area contributed by atoms with Gasteiger partial charge >= 0.3 is 0 Å². The van der Waals surface area contributed by atoms with Gasteiger partial charge in [0.15, 0.2) is 5.84 Å². The fourth-order valence-electron chi connectivity index (χ4n) is 1.61. The zero-order chi connectivity index (χ0) is 14.6. The Morgan fingerprint density at radius 2 is 2.21 bits per heavy atom. The van der Waals surface area contributed by atoms with Gasteiger partial charge in [-0.1, -0.05) is 5.16 Å². The Labute approximate surface area is 112 Å². The number of anilines is 1. The number of hydrogen-bond donors (Lipinski definition) is 2. The highest BCUT2D eigenvalue weighted by Gasteiger charge is 2.16. The summed E-state index contributed by atoms with van der Waals surface area (Å²) in [5.41, 5.74) is 6.93. The van der Waals surface area contributed by atoms with Crippen molar-refractivity contribution in [2.24, 2.45) is 10.9 Å². The highest BCUT2D eigenvalue weighted by molar-refractivity contribution is 7.90. The Kier molecular flexibility index (Phi) is 4.71. The molecule has 1 rings (SSSR count). The lowest BCUT2D eigenvalue weighted by Crippen LogP contribution is -2.29. The molecule has 0 bridgehead atoms. The minimum Gasteiger partial charge on any atom is -0.409 e. The molecule has 1 heterocycles. The van der Waals surface area contributed by atoms with Gasteiger partial charge in [-0.3, -0.25) is 0 Å². The van der Waals surface area contributed by atoms with Gasteiger partial charge in [-0.15, -0.1) is 0 Å². The van der Waals surface area contributed by atoms with Crippen LogP contribution in [-0.2, 0) is 9.84 Å². The number of amidine groups is 1. The second-order valence-electron chi connectivity index (χ2n) is 4.36. The largest absolute Gasteiger partial charge is 0.409 e. The average Bonchev–Trinajstić information content (AvgIpc) is 2.33. The van der Waals surface area contributed by atoms with Crippen molar-refractivity contribution >= 4 is 21.5 Å². The summed E-state index contributed by atoms with van der Waals surface area (Å²) >= 11 is 0. The van der Waals surface area contributed by atoms with Crippen LogP contribution in [0.2, 0.25) is 0 Å². The van der Waals surface area contributed by atoms with E-state index in [0.29, 0.717) is 11.4 Å². The van der Waals surface area contributed by atoms with E-state index in [0.717, 1.165) is 5.56 Å². The van der Waals surface area contributed by atoms with E-state index in [2.05, 4.69) is 10.1 Å². The first kappa shape index (κ1) is 15.2. The van der Waals surface area contributed by atoms with Crippen molar-refractivity contribution in [2.75, 3.05) is 30.5 Å². The summed E-state index contributed by atoms with van der Waals surface area (Å²) in [4.78, 5) is 5.84. The van der Waals surface area contributed by atoms with E-state index in [1.165, 1.54) is 6.26 Å². The lowest BCUT2D eigenvalue weighted by molar-refractivity contribution is 0.318. The molecule has 0 aromatic carbocycles. The van der Waals surface area contributed by atoms with Gasteiger partial charge in [-0.05, 0) is 18.6 Å². The predicted octanol–water partition coefficient (Wildman–Crippen LogP) is -0.0347. The molecule has 0 aliphatic rings. The molecular weight excluding hydrogens is 268 g/mol. The maximum absolute atomic E-state index is 11.2. The van der Waals surface area contributed by atoms with Gasteiger partial charge in [0.25, 0.3) is 0 Å². The lowest BCUT2D eigenvalue weighted by Gasteiger charge is -2.21. The van der Waals surface area contributed by atoms with E-state index >= 15 is 0 Å². The van der Waals surface area contributed by atoms with Crippen LogP contribution >= 0.6 is 0 Å². The highest BCUT2D eigenvalue weighted by Crippen LogP contribution is 2.19. The topological polar surface area (TPSA) is 109 Å². The SMILES string of the molecule is Cc1ccnc(N(C)CCS(C)(=O)=O)c1/C(N)=N/O. The Hall–Kier alpha value is -1.83. The van der Waals surface area contributed by atoms with Gasteiger partial charge in [-0.2, -0.15) is 0 Å². The summed E-state index contributed by atoms with van der Waals surface area (Å²) < 4.78 is 22.3. The van der Waals surface area contributed by atoms with E-state index in [1.54, 1.807) is 24.2 Å². The molecule has 0 amide bonds. The molecule has 0 saturated carbocycles. The van der Waals surface area contributed by atoms with Crippen LogP contribution in [0.3, 0.4) is 0 Å². The maximum atomic E-state index is 11.2. The Bertz CT molecular complexity index is 584. The van der Waals surface area contributed by atoms with Gasteiger partial charge in [0.05, 0.1) is 11.3 Å². The summed E-state index contributed by atoms with van der Waals surface area (Å²) in [5, 5.41) is 11.8. The third kappa shape index (κ3) is 4.09. The number of nitrogens with two attached hydrogens (primary N) is 1. The van der Waals surface area contributed by atoms with Crippen molar-refractivity contribution in [3.63, 3.8) is 0 Å². The van der Waals surface area contributed by atoms with Crippen molar-refractivity contribution in [1.82, 2.24) is 4.98 Å². The normalized spacial score (nSPS) is 12.5. The van der Waals surface area contributed by atoms with Crippen molar-refractivity contribution in [3.8, 4) is 0 Å². The first-order valence-electron chi connectivity index (χ1n) is 5.58. The lowest BCUT2D eigenvalue weighted by atomic mass is 10.1. The van der Waals surface area contributed by atoms with Crippen LogP contribution in [-0.4, -0.2) is 50.0 Å². The molecule has 3 N–H and O–H groups in total. The molecule has 0 saturated heterocycles. The third-order valence-electron chi connectivity index (χ3n) is 2.66. The van der Waals surface area contributed by atoms with Crippen LogP contribution in [0.5, 0.6) is 0 Å². The standard InChI is InChI=1S/C11H18N4O3S/c1-8-4-5-13-11(9(8)10(12)14-16)15(2)6-7-19(3,17)18/h4-5,16H,6-7H2,1-3H3,(H2,12,14). The maximum Gasteiger partial charge on any atom is 0.174 e.